The summed E-state index contributed by atoms with van der Waals surface area (Å²) in [5.74, 6) is 1.78. The summed E-state index contributed by atoms with van der Waals surface area (Å²) < 4.78 is 11.7. The molecule has 1 aliphatic heterocycles. The van der Waals surface area contributed by atoms with Crippen LogP contribution in [-0.4, -0.2) is 30.2 Å². The first-order chi connectivity index (χ1) is 17.8. The highest BCUT2D eigenvalue weighted by molar-refractivity contribution is 9.13. The fraction of sp³-hybridized carbons (Fsp3) is 0.357. The van der Waals surface area contributed by atoms with Crippen LogP contribution in [0, 0.1) is 0 Å². The monoisotopic (exact) mass is 649 g/mol. The summed E-state index contributed by atoms with van der Waals surface area (Å²) in [6.07, 6.45) is 6.41. The Morgan fingerprint density at radius 3 is 2.11 bits per heavy atom. The molecule has 6 nitrogen and oxygen atoms in total. The Morgan fingerprint density at radius 1 is 0.973 bits per heavy atom. The second-order valence-electron chi connectivity index (χ2n) is 8.52. The average Bonchev–Trinajstić information content (AvgIpc) is 3.33. The zero-order valence-corrected chi connectivity index (χ0v) is 25.7. The van der Waals surface area contributed by atoms with Gasteiger partial charge in [0.1, 0.15) is 5.82 Å². The van der Waals surface area contributed by atoms with Gasteiger partial charge in [0.15, 0.2) is 11.0 Å². The number of ether oxygens (including phenoxy) is 1. The van der Waals surface area contributed by atoms with Crippen molar-refractivity contribution in [3.05, 3.63) is 67.6 Å². The van der Waals surface area contributed by atoms with Gasteiger partial charge in [-0.25, -0.2) is 13.9 Å². The van der Waals surface area contributed by atoms with E-state index in [2.05, 4.69) is 109 Å². The van der Waals surface area contributed by atoms with E-state index < -0.39 is 5.97 Å². The maximum atomic E-state index is 12.5. The number of nitrogens with zero attached hydrogens (tertiary/aromatic N) is 4. The summed E-state index contributed by atoms with van der Waals surface area (Å²) >= 11 is 13.8. The van der Waals surface area contributed by atoms with Gasteiger partial charge < -0.3 is 14.5 Å². The Hall–Kier alpha value is -2.29. The van der Waals surface area contributed by atoms with Crippen molar-refractivity contribution in [3.63, 3.8) is 0 Å². The van der Waals surface area contributed by atoms with Crippen molar-refractivity contribution in [1.29, 1.82) is 0 Å². The smallest absolute Gasteiger partial charge is 0.339 e. The number of hydrogen-bond acceptors (Lipinski definition) is 4. The number of carbonyl (C=O) groups excluding carboxylic acids is 1. The lowest BCUT2D eigenvalue weighted by atomic mass is 10.2. The number of carbonyl (C=O) groups is 1. The zero-order chi connectivity index (χ0) is 26.9. The number of esters is 1. The van der Waals surface area contributed by atoms with E-state index in [1.165, 1.54) is 11.4 Å². The van der Waals surface area contributed by atoms with Crippen molar-refractivity contribution < 1.29 is 14.1 Å². The number of anilines is 2. The van der Waals surface area contributed by atoms with Crippen molar-refractivity contribution in [2.45, 2.75) is 47.7 Å². The Labute approximate surface area is 240 Å². The van der Waals surface area contributed by atoms with Crippen LogP contribution >= 0.6 is 43.5 Å². The van der Waals surface area contributed by atoms with E-state index in [1.54, 1.807) is 6.92 Å². The van der Waals surface area contributed by atoms with Crippen LogP contribution in [-0.2, 0) is 17.8 Å². The molecule has 0 unspecified atom stereocenters. The quantitative estimate of drug-likeness (QED) is 0.187. The van der Waals surface area contributed by atoms with Crippen molar-refractivity contribution in [3.8, 4) is 0 Å². The van der Waals surface area contributed by atoms with Gasteiger partial charge in [0.2, 0.25) is 0 Å². The summed E-state index contributed by atoms with van der Waals surface area (Å²) in [5, 5.41) is 0.400. The molecule has 0 bridgehead atoms. The molecule has 1 aliphatic rings. The van der Waals surface area contributed by atoms with Gasteiger partial charge in [-0.15, -0.1) is 0 Å². The zero-order valence-electron chi connectivity index (χ0n) is 21.8. The molecule has 0 saturated carbocycles. The van der Waals surface area contributed by atoms with E-state index in [0.717, 1.165) is 57.8 Å². The van der Waals surface area contributed by atoms with Crippen LogP contribution < -0.4 is 14.4 Å². The number of benzene rings is 2. The molecule has 0 fully saturated rings. The molecule has 0 amide bonds. The molecule has 9 heteroatoms. The molecule has 0 spiro atoms. The second-order valence-corrected chi connectivity index (χ2v) is 10.6. The Balaban J connectivity index is 1.80. The minimum Gasteiger partial charge on any atom is -0.462 e. The Bertz CT molecular complexity index is 1370. The van der Waals surface area contributed by atoms with E-state index in [1.807, 2.05) is 12.1 Å². The number of fused-ring (bicyclic) bond motifs is 2. The molecule has 2 heterocycles. The third-order valence-electron chi connectivity index (χ3n) is 6.60. The largest absolute Gasteiger partial charge is 0.462 e. The average molecular weight is 652 g/mol. The van der Waals surface area contributed by atoms with E-state index in [9.17, 15) is 4.79 Å². The second kappa shape index (κ2) is 11.6. The van der Waals surface area contributed by atoms with Crippen LogP contribution in [0.2, 0.25) is 5.02 Å². The van der Waals surface area contributed by atoms with E-state index in [-0.39, 0.29) is 0 Å². The molecule has 4 rings (SSSR count). The van der Waals surface area contributed by atoms with Crippen LogP contribution in [0.3, 0.4) is 0 Å². The fourth-order valence-corrected chi connectivity index (χ4v) is 5.90. The lowest BCUT2D eigenvalue weighted by molar-refractivity contribution is -0.670. The van der Waals surface area contributed by atoms with Crippen LogP contribution in [0.5, 0.6) is 0 Å². The molecule has 0 atom stereocenters. The van der Waals surface area contributed by atoms with Crippen LogP contribution in [0.15, 0.2) is 51.2 Å². The molecule has 37 heavy (non-hydrogen) atoms. The number of aryl methyl sites for hydroxylation is 2. The van der Waals surface area contributed by atoms with Gasteiger partial charge in [-0.1, -0.05) is 17.7 Å². The van der Waals surface area contributed by atoms with E-state index in [0.29, 0.717) is 17.2 Å². The van der Waals surface area contributed by atoms with Crippen LogP contribution in [0.4, 0.5) is 11.4 Å². The van der Waals surface area contributed by atoms with Gasteiger partial charge in [-0.2, -0.15) is 0 Å². The fourth-order valence-electron chi connectivity index (χ4n) is 5.00. The number of hydrogen-bond donors (Lipinski definition) is 0. The number of aromatic nitrogens is 2. The summed E-state index contributed by atoms with van der Waals surface area (Å²) in [5.41, 5.74) is 4.71. The highest BCUT2D eigenvalue weighted by atomic mass is 79.9. The number of rotatable bonds is 8. The standard InChI is InChI=1S/C28H32Br2ClN4O2/c1-6-32-22-14-18(28(36)37-10-5)21(31)17-25(22)35(9-4)26(32)12-11-13-27-33(7-2)23-15-19(29)20(30)16-24(23)34(27)8-3/h11-17H,6-10H2,1-5H3/q+1. The number of imidazole rings is 1. The molecule has 1 aromatic heterocycles. The van der Waals surface area contributed by atoms with Gasteiger partial charge in [-0.3, -0.25) is 0 Å². The predicted octanol–water partition coefficient (Wildman–Crippen LogP) is 7.54. The molecular weight excluding hydrogens is 620 g/mol. The minimum atomic E-state index is -0.401. The molecule has 196 valence electrons. The molecule has 0 aliphatic carbocycles. The van der Waals surface area contributed by atoms with Crippen molar-refractivity contribution in [1.82, 2.24) is 4.57 Å². The SMILES string of the molecule is CCOC(=O)c1cc2c(cc1Cl)n(CC)c(C=CC=C1N(CC)c3cc(Br)c(Br)cc3N1CC)[n+]2CC. The Morgan fingerprint density at radius 2 is 1.59 bits per heavy atom. The van der Waals surface area contributed by atoms with Gasteiger partial charge >= 0.3 is 5.97 Å². The first-order valence-corrected chi connectivity index (χ1v) is 14.6. The molecule has 0 N–H and O–H groups in total. The maximum Gasteiger partial charge on any atom is 0.339 e. The van der Waals surface area contributed by atoms with Crippen LogP contribution in [0.25, 0.3) is 17.1 Å². The molecule has 0 radical (unpaired) electrons. The molecule has 0 saturated heterocycles. The van der Waals surface area contributed by atoms with Gasteiger partial charge in [0.05, 0.1) is 41.7 Å². The van der Waals surface area contributed by atoms with Gasteiger partial charge in [0.25, 0.3) is 5.82 Å². The first kappa shape index (κ1) is 27.7. The topological polar surface area (TPSA) is 41.6 Å². The lowest BCUT2D eigenvalue weighted by Gasteiger charge is -2.23. The summed E-state index contributed by atoms with van der Waals surface area (Å²) in [6.45, 7) is 13.9. The van der Waals surface area contributed by atoms with Crippen LogP contribution in [0.1, 0.15) is 50.8 Å². The van der Waals surface area contributed by atoms with Gasteiger partial charge in [0, 0.05) is 40.2 Å². The third kappa shape index (κ3) is 4.95. The minimum absolute atomic E-state index is 0.306. The van der Waals surface area contributed by atoms with E-state index >= 15 is 0 Å². The van der Waals surface area contributed by atoms with Gasteiger partial charge in [-0.05, 0) is 84.7 Å². The number of halogens is 3. The number of allylic oxidation sites excluding steroid dienone is 2. The summed E-state index contributed by atoms with van der Waals surface area (Å²) in [7, 11) is 0. The lowest BCUT2D eigenvalue weighted by Crippen LogP contribution is -2.35. The van der Waals surface area contributed by atoms with Crippen molar-refractivity contribution >= 4 is 77.9 Å². The molecule has 3 aromatic rings. The summed E-state index contributed by atoms with van der Waals surface area (Å²) in [6, 6.07) is 8.06. The highest BCUT2D eigenvalue weighted by Crippen LogP contribution is 2.45. The normalized spacial score (nSPS) is 13.2. The summed E-state index contributed by atoms with van der Waals surface area (Å²) in [4.78, 5) is 17.1. The first-order valence-electron chi connectivity index (χ1n) is 12.7. The maximum absolute atomic E-state index is 12.5. The predicted molar refractivity (Wildman–Crippen MR) is 159 cm³/mol. The third-order valence-corrected chi connectivity index (χ3v) is 8.76. The van der Waals surface area contributed by atoms with Crippen molar-refractivity contribution in [2.24, 2.45) is 0 Å². The highest BCUT2D eigenvalue weighted by Gasteiger charge is 2.30. The molecule has 2 aromatic carbocycles. The van der Waals surface area contributed by atoms with Crippen molar-refractivity contribution in [2.75, 3.05) is 29.5 Å². The molecular formula is C28H32Br2ClN4O2+. The van der Waals surface area contributed by atoms with E-state index in [4.69, 9.17) is 16.3 Å². The Kier molecular flexibility index (Phi) is 8.71.